The van der Waals surface area contributed by atoms with Crippen LogP contribution in [0.1, 0.15) is 24.5 Å². The zero-order valence-corrected chi connectivity index (χ0v) is 19.0. The highest BCUT2D eigenvalue weighted by molar-refractivity contribution is 5.75. The molecule has 8 nitrogen and oxygen atoms in total. The molecule has 2 aromatic rings. The summed E-state index contributed by atoms with van der Waals surface area (Å²) in [5.74, 6) is -2.82. The van der Waals surface area contributed by atoms with Gasteiger partial charge in [0.25, 0.3) is 0 Å². The van der Waals surface area contributed by atoms with Gasteiger partial charge in [-0.1, -0.05) is 6.07 Å². The van der Waals surface area contributed by atoms with Crippen LogP contribution >= 0.6 is 0 Å². The van der Waals surface area contributed by atoms with Gasteiger partial charge in [-0.25, -0.2) is 14.4 Å². The number of nitrogens with two attached hydrogens (primary N) is 1. The molecule has 0 spiro atoms. The number of rotatable bonds is 9. The second-order valence-corrected chi connectivity index (χ2v) is 8.38. The lowest BCUT2D eigenvalue weighted by atomic mass is 9.93. The van der Waals surface area contributed by atoms with E-state index >= 15 is 4.39 Å². The third kappa shape index (κ3) is 6.75. The van der Waals surface area contributed by atoms with Crippen molar-refractivity contribution in [2.75, 3.05) is 42.9 Å². The van der Waals surface area contributed by atoms with Crippen LogP contribution in [0.3, 0.4) is 0 Å². The Morgan fingerprint density at radius 3 is 2.66 bits per heavy atom. The maximum absolute atomic E-state index is 15.2. The van der Waals surface area contributed by atoms with Gasteiger partial charge in [0, 0.05) is 37.7 Å². The molecule has 0 bridgehead atoms. The summed E-state index contributed by atoms with van der Waals surface area (Å²) in [4.78, 5) is 22.0. The number of benzene rings is 1. The molecule has 1 aliphatic heterocycles. The van der Waals surface area contributed by atoms with Crippen molar-refractivity contribution in [1.29, 1.82) is 0 Å². The van der Waals surface area contributed by atoms with Crippen molar-refractivity contribution in [3.63, 3.8) is 0 Å². The Bertz CT molecular complexity index is 1040. The summed E-state index contributed by atoms with van der Waals surface area (Å²) in [5, 5.41) is 13.2. The van der Waals surface area contributed by atoms with E-state index in [9.17, 15) is 27.5 Å². The lowest BCUT2D eigenvalue weighted by Gasteiger charge is -2.35. The average molecular weight is 502 g/mol. The van der Waals surface area contributed by atoms with Gasteiger partial charge in [-0.3, -0.25) is 9.69 Å². The number of halogens is 5. The third-order valence-corrected chi connectivity index (χ3v) is 5.91. The number of likely N-dealkylation sites (tertiary alicyclic amines) is 1. The summed E-state index contributed by atoms with van der Waals surface area (Å²) in [5.41, 5.74) is 4.03. The minimum Gasteiger partial charge on any atom is -0.391 e. The summed E-state index contributed by atoms with van der Waals surface area (Å²) < 4.78 is 67.9. The highest BCUT2D eigenvalue weighted by Gasteiger charge is 2.32. The number of aliphatic hydroxyl groups excluding tert-OH is 1. The fourth-order valence-electron chi connectivity index (χ4n) is 3.97. The average Bonchev–Trinajstić information content (AvgIpc) is 2.78. The van der Waals surface area contributed by atoms with Gasteiger partial charge in [0.05, 0.1) is 18.2 Å². The molecule has 0 unspecified atom stereocenters. The number of hydrogen-bond acceptors (Lipinski definition) is 7. The molecule has 1 amide bonds. The number of carbonyl (C=O) groups is 1. The molecular formula is C22H27F5N6O2. The fraction of sp³-hybridized carbons (Fsp3) is 0.500. The number of alkyl halides is 3. The molecule has 0 radical (unpaired) electrons. The van der Waals surface area contributed by atoms with Gasteiger partial charge in [0.15, 0.2) is 11.6 Å². The summed E-state index contributed by atoms with van der Waals surface area (Å²) in [6.45, 7) is 2.73. The first-order valence-electron chi connectivity index (χ1n) is 11.0. The van der Waals surface area contributed by atoms with Crippen molar-refractivity contribution < 1.29 is 31.9 Å². The summed E-state index contributed by atoms with van der Waals surface area (Å²) in [6, 6.07) is 2.20. The standard InChI is InChI=1S/C22H27F5N6O2/c1-2-33(9-14-3-4-15(7-16(14)23)22(25,26)27)21-19(24)20(30-12-31-21)29-8-13-5-6-32(10-17(13)34)11-18(28)35/h3-4,7,12-13,17,34H,2,5-6,8-11H2,1H3,(H2,28,35)(H,29,30,31)/t13-,17+/m0/s1. The SMILES string of the molecule is CCN(Cc1ccc(C(F)(F)F)cc1F)c1ncnc(NC[C@@H]2CCN(CC(N)=O)C[C@H]2O)c1F. The number of aromatic nitrogens is 2. The van der Waals surface area contributed by atoms with E-state index < -0.39 is 35.4 Å². The van der Waals surface area contributed by atoms with Crippen molar-refractivity contribution in [2.24, 2.45) is 11.7 Å². The zero-order chi connectivity index (χ0) is 25.8. The van der Waals surface area contributed by atoms with Crippen LogP contribution in [-0.4, -0.2) is 64.7 Å². The van der Waals surface area contributed by atoms with E-state index in [0.29, 0.717) is 19.0 Å². The van der Waals surface area contributed by atoms with E-state index in [1.165, 1.54) is 4.90 Å². The topological polar surface area (TPSA) is 108 Å². The first kappa shape index (κ1) is 26.5. The van der Waals surface area contributed by atoms with Crippen LogP contribution in [-0.2, 0) is 17.5 Å². The lowest BCUT2D eigenvalue weighted by molar-refractivity contribution is -0.137. The number of piperidine rings is 1. The highest BCUT2D eigenvalue weighted by atomic mass is 19.4. The first-order chi connectivity index (χ1) is 16.5. The number of nitrogens with zero attached hydrogens (tertiary/aromatic N) is 4. The second-order valence-electron chi connectivity index (χ2n) is 8.38. The van der Waals surface area contributed by atoms with Crippen molar-refractivity contribution in [3.8, 4) is 0 Å². The van der Waals surface area contributed by atoms with Crippen LogP contribution in [0.15, 0.2) is 24.5 Å². The van der Waals surface area contributed by atoms with Gasteiger partial charge in [-0.15, -0.1) is 0 Å². The second kappa shape index (κ2) is 11.1. The molecule has 35 heavy (non-hydrogen) atoms. The monoisotopic (exact) mass is 502 g/mol. The van der Waals surface area contributed by atoms with Crippen LogP contribution in [0.2, 0.25) is 0 Å². The van der Waals surface area contributed by atoms with Crippen LogP contribution < -0.4 is 16.0 Å². The van der Waals surface area contributed by atoms with E-state index in [-0.39, 0.29) is 55.8 Å². The molecule has 1 fully saturated rings. The summed E-state index contributed by atoms with van der Waals surface area (Å²) in [7, 11) is 0. The molecule has 1 aromatic carbocycles. The minimum absolute atomic E-state index is 0.0433. The first-order valence-corrected chi connectivity index (χ1v) is 11.0. The molecule has 0 saturated carbocycles. The molecule has 2 heterocycles. The molecular weight excluding hydrogens is 475 g/mol. The van der Waals surface area contributed by atoms with Crippen molar-refractivity contribution in [3.05, 3.63) is 47.3 Å². The van der Waals surface area contributed by atoms with Crippen LogP contribution in [0.5, 0.6) is 0 Å². The maximum Gasteiger partial charge on any atom is 0.416 e. The lowest BCUT2D eigenvalue weighted by Crippen LogP contribution is -2.48. The van der Waals surface area contributed by atoms with Crippen LogP contribution in [0.4, 0.5) is 33.6 Å². The number of β-amino-alcohol motifs (C(OH)–C–C–N with tert-alkyl or cyclic N) is 1. The van der Waals surface area contributed by atoms with Gasteiger partial charge in [-0.05, 0) is 32.0 Å². The molecule has 0 aliphatic carbocycles. The smallest absolute Gasteiger partial charge is 0.391 e. The predicted octanol–water partition coefficient (Wildman–Crippen LogP) is 2.38. The largest absolute Gasteiger partial charge is 0.416 e. The molecule has 2 atom stereocenters. The Hall–Kier alpha value is -3.06. The van der Waals surface area contributed by atoms with E-state index in [0.717, 1.165) is 18.5 Å². The fourth-order valence-corrected chi connectivity index (χ4v) is 3.97. The van der Waals surface area contributed by atoms with Crippen LogP contribution in [0.25, 0.3) is 0 Å². The number of anilines is 2. The van der Waals surface area contributed by atoms with Gasteiger partial charge >= 0.3 is 6.18 Å². The highest BCUT2D eigenvalue weighted by Crippen LogP contribution is 2.31. The molecule has 1 aromatic heterocycles. The summed E-state index contributed by atoms with van der Waals surface area (Å²) >= 11 is 0. The number of amides is 1. The Balaban J connectivity index is 1.68. The van der Waals surface area contributed by atoms with Gasteiger partial charge < -0.3 is 21.1 Å². The number of hydrogen-bond donors (Lipinski definition) is 3. The Kier molecular flexibility index (Phi) is 8.43. The predicted molar refractivity (Wildman–Crippen MR) is 118 cm³/mol. The van der Waals surface area contributed by atoms with E-state index in [1.54, 1.807) is 11.8 Å². The van der Waals surface area contributed by atoms with E-state index in [4.69, 9.17) is 5.73 Å². The number of nitrogens with one attached hydrogen (secondary N) is 1. The van der Waals surface area contributed by atoms with E-state index in [1.807, 2.05) is 0 Å². The van der Waals surface area contributed by atoms with E-state index in [2.05, 4.69) is 15.3 Å². The Labute approximate surface area is 198 Å². The van der Waals surface area contributed by atoms with Crippen molar-refractivity contribution in [2.45, 2.75) is 32.2 Å². The normalized spacial score (nSPS) is 18.9. The molecule has 1 saturated heterocycles. The van der Waals surface area contributed by atoms with Crippen LogP contribution in [0, 0.1) is 17.6 Å². The van der Waals surface area contributed by atoms with Gasteiger partial charge in [-0.2, -0.15) is 17.6 Å². The number of primary amides is 1. The van der Waals surface area contributed by atoms with Gasteiger partial charge in [0.1, 0.15) is 12.1 Å². The molecule has 3 rings (SSSR count). The number of aliphatic hydroxyl groups is 1. The molecule has 4 N–H and O–H groups in total. The quantitative estimate of drug-likeness (QED) is 0.452. The maximum atomic E-state index is 15.2. The van der Waals surface area contributed by atoms with Gasteiger partial charge in [0.2, 0.25) is 11.7 Å². The van der Waals surface area contributed by atoms with Crippen molar-refractivity contribution in [1.82, 2.24) is 14.9 Å². The van der Waals surface area contributed by atoms with Crippen molar-refractivity contribution >= 4 is 17.5 Å². The third-order valence-electron chi connectivity index (χ3n) is 5.91. The molecule has 13 heteroatoms. The molecule has 192 valence electrons. The number of carbonyl (C=O) groups excluding carboxylic acids is 1. The summed E-state index contributed by atoms with van der Waals surface area (Å²) in [6.07, 6.45) is -3.75. The Morgan fingerprint density at radius 1 is 1.31 bits per heavy atom. The molecule has 1 aliphatic rings. The minimum atomic E-state index is -4.67. The zero-order valence-electron chi connectivity index (χ0n) is 19.0. The Morgan fingerprint density at radius 2 is 2.06 bits per heavy atom.